The minimum Gasteiger partial charge on any atom is -0.273 e. The van der Waals surface area contributed by atoms with Crippen LogP contribution >= 0.6 is 0 Å². The SMILES string of the molecule is CC(C)(C)c1ccc(C=NNC(=O)CCCCCC(=O)NN=Cc2ccc(C(C)(C)C)cc2)cc1. The zero-order chi connectivity index (χ0) is 25.9. The maximum atomic E-state index is 11.9. The number of hydrogen-bond donors (Lipinski definition) is 2. The van der Waals surface area contributed by atoms with E-state index in [1.54, 1.807) is 12.4 Å². The van der Waals surface area contributed by atoms with Gasteiger partial charge in [0, 0.05) is 12.8 Å². The van der Waals surface area contributed by atoms with Crippen LogP contribution in [0.5, 0.6) is 0 Å². The Balaban J connectivity index is 1.58. The summed E-state index contributed by atoms with van der Waals surface area (Å²) in [5, 5.41) is 8.06. The molecule has 0 atom stereocenters. The number of nitrogens with zero attached hydrogens (tertiary/aromatic N) is 2. The molecule has 0 aliphatic heterocycles. The van der Waals surface area contributed by atoms with E-state index in [0.717, 1.165) is 17.5 Å². The van der Waals surface area contributed by atoms with E-state index in [9.17, 15) is 9.59 Å². The largest absolute Gasteiger partial charge is 0.273 e. The Kier molecular flexibility index (Phi) is 10.4. The highest BCUT2D eigenvalue weighted by atomic mass is 16.2. The van der Waals surface area contributed by atoms with E-state index in [-0.39, 0.29) is 22.6 Å². The van der Waals surface area contributed by atoms with Crippen molar-refractivity contribution in [1.82, 2.24) is 10.9 Å². The number of carbonyl (C=O) groups excluding carboxylic acids is 2. The summed E-state index contributed by atoms with van der Waals surface area (Å²) in [4.78, 5) is 23.9. The van der Waals surface area contributed by atoms with Crippen molar-refractivity contribution in [3.8, 4) is 0 Å². The van der Waals surface area contributed by atoms with Crippen LogP contribution in [0, 0.1) is 0 Å². The maximum Gasteiger partial charge on any atom is 0.240 e. The summed E-state index contributed by atoms with van der Waals surface area (Å²) in [6.45, 7) is 13.0. The molecule has 0 fully saturated rings. The van der Waals surface area contributed by atoms with Gasteiger partial charge in [-0.05, 0) is 45.9 Å². The molecule has 0 saturated carbocycles. The van der Waals surface area contributed by atoms with Crippen LogP contribution in [-0.4, -0.2) is 24.2 Å². The van der Waals surface area contributed by atoms with Gasteiger partial charge in [-0.3, -0.25) is 9.59 Å². The molecule has 0 unspecified atom stereocenters. The van der Waals surface area contributed by atoms with Crippen molar-refractivity contribution in [3.05, 3.63) is 70.8 Å². The zero-order valence-corrected chi connectivity index (χ0v) is 22.0. The summed E-state index contributed by atoms with van der Waals surface area (Å²) in [6, 6.07) is 16.3. The Morgan fingerprint density at radius 2 is 0.971 bits per heavy atom. The predicted octanol–water partition coefficient (Wildman–Crippen LogP) is 5.83. The predicted molar refractivity (Wildman–Crippen MR) is 145 cm³/mol. The van der Waals surface area contributed by atoms with Gasteiger partial charge in [-0.15, -0.1) is 0 Å². The van der Waals surface area contributed by atoms with E-state index in [1.165, 1.54) is 11.1 Å². The third-order valence-corrected chi connectivity index (χ3v) is 5.67. The summed E-state index contributed by atoms with van der Waals surface area (Å²) >= 11 is 0. The number of unbranched alkanes of at least 4 members (excludes halogenated alkanes) is 2. The lowest BCUT2D eigenvalue weighted by atomic mass is 9.87. The first kappa shape index (κ1) is 28.0. The van der Waals surface area contributed by atoms with Gasteiger partial charge in [0.15, 0.2) is 0 Å². The van der Waals surface area contributed by atoms with Crippen molar-refractivity contribution in [2.24, 2.45) is 10.2 Å². The van der Waals surface area contributed by atoms with Crippen LogP contribution in [0.2, 0.25) is 0 Å². The molecule has 6 nitrogen and oxygen atoms in total. The van der Waals surface area contributed by atoms with Gasteiger partial charge in [-0.25, -0.2) is 10.9 Å². The number of benzene rings is 2. The molecule has 0 saturated heterocycles. The van der Waals surface area contributed by atoms with Gasteiger partial charge in [0.25, 0.3) is 0 Å². The fourth-order valence-corrected chi connectivity index (χ4v) is 3.36. The molecule has 6 heteroatoms. The maximum absolute atomic E-state index is 11.9. The third kappa shape index (κ3) is 10.7. The molecule has 0 spiro atoms. The average Bonchev–Trinajstić information content (AvgIpc) is 2.78. The van der Waals surface area contributed by atoms with Gasteiger partial charge in [0.05, 0.1) is 12.4 Å². The minimum atomic E-state index is -0.126. The molecule has 0 bridgehead atoms. The average molecular weight is 477 g/mol. The Morgan fingerprint density at radius 3 is 1.29 bits per heavy atom. The lowest BCUT2D eigenvalue weighted by Gasteiger charge is -2.18. The number of nitrogens with one attached hydrogen (secondary N) is 2. The lowest BCUT2D eigenvalue weighted by Crippen LogP contribution is -2.18. The van der Waals surface area contributed by atoms with Crippen molar-refractivity contribution < 1.29 is 9.59 Å². The zero-order valence-electron chi connectivity index (χ0n) is 22.0. The molecule has 2 N–H and O–H groups in total. The van der Waals surface area contributed by atoms with Crippen LogP contribution in [0.3, 0.4) is 0 Å². The second kappa shape index (κ2) is 13.0. The van der Waals surface area contributed by atoms with Gasteiger partial charge in [0.2, 0.25) is 11.8 Å². The number of hydrogen-bond acceptors (Lipinski definition) is 4. The van der Waals surface area contributed by atoms with Gasteiger partial charge >= 0.3 is 0 Å². The standard InChI is InChI=1S/C29H40N4O2/c1-28(2,3)24-16-12-22(13-17-24)20-30-32-26(34)10-8-7-9-11-27(35)33-31-21-23-14-18-25(19-15-23)29(4,5)6/h12-21H,7-11H2,1-6H3,(H,32,34)(H,33,35). The highest BCUT2D eigenvalue weighted by Crippen LogP contribution is 2.22. The Bertz CT molecular complexity index is 925. The van der Waals surface area contributed by atoms with Crippen molar-refractivity contribution in [2.75, 3.05) is 0 Å². The molecule has 0 aromatic heterocycles. The van der Waals surface area contributed by atoms with Crippen molar-refractivity contribution in [1.29, 1.82) is 0 Å². The van der Waals surface area contributed by atoms with Crippen LogP contribution in [-0.2, 0) is 20.4 Å². The quantitative estimate of drug-likeness (QED) is 0.257. The number of hydrazone groups is 2. The number of amides is 2. The summed E-state index contributed by atoms with van der Waals surface area (Å²) < 4.78 is 0. The number of rotatable bonds is 10. The normalized spacial score (nSPS) is 12.3. The topological polar surface area (TPSA) is 82.9 Å². The van der Waals surface area contributed by atoms with Crippen LogP contribution in [0.25, 0.3) is 0 Å². The third-order valence-electron chi connectivity index (χ3n) is 5.67. The van der Waals surface area contributed by atoms with Crippen molar-refractivity contribution in [2.45, 2.75) is 84.5 Å². The molecule has 2 aromatic carbocycles. The smallest absolute Gasteiger partial charge is 0.240 e. The van der Waals surface area contributed by atoms with E-state index in [0.29, 0.717) is 25.7 Å². The molecule has 0 aliphatic carbocycles. The summed E-state index contributed by atoms with van der Waals surface area (Å²) in [5.41, 5.74) is 9.73. The van der Waals surface area contributed by atoms with Gasteiger partial charge in [0.1, 0.15) is 0 Å². The molecule has 188 valence electrons. The van der Waals surface area contributed by atoms with Gasteiger partial charge in [-0.2, -0.15) is 10.2 Å². The van der Waals surface area contributed by atoms with E-state index < -0.39 is 0 Å². The Morgan fingerprint density at radius 1 is 0.629 bits per heavy atom. The molecular formula is C29H40N4O2. The van der Waals surface area contributed by atoms with Crippen molar-refractivity contribution >= 4 is 24.2 Å². The minimum absolute atomic E-state index is 0.108. The second-order valence-corrected chi connectivity index (χ2v) is 10.9. The van der Waals surface area contributed by atoms with E-state index in [2.05, 4.69) is 86.9 Å². The van der Waals surface area contributed by atoms with Crippen LogP contribution < -0.4 is 10.9 Å². The first-order valence-electron chi connectivity index (χ1n) is 12.3. The molecule has 0 heterocycles. The second-order valence-electron chi connectivity index (χ2n) is 10.9. The van der Waals surface area contributed by atoms with Gasteiger partial charge in [-0.1, -0.05) is 96.5 Å². The van der Waals surface area contributed by atoms with E-state index in [1.807, 2.05) is 24.3 Å². The first-order valence-corrected chi connectivity index (χ1v) is 12.3. The highest BCUT2D eigenvalue weighted by molar-refractivity contribution is 5.83. The van der Waals surface area contributed by atoms with Crippen LogP contribution in [0.15, 0.2) is 58.7 Å². The fraction of sp³-hybridized carbons (Fsp3) is 0.448. The lowest BCUT2D eigenvalue weighted by molar-refractivity contribution is -0.121. The molecule has 2 amide bonds. The van der Waals surface area contributed by atoms with Crippen LogP contribution in [0.4, 0.5) is 0 Å². The Hall–Kier alpha value is -3.28. The molecule has 2 rings (SSSR count). The molecule has 35 heavy (non-hydrogen) atoms. The Labute approximate surface area is 210 Å². The van der Waals surface area contributed by atoms with Gasteiger partial charge < -0.3 is 0 Å². The van der Waals surface area contributed by atoms with Crippen LogP contribution in [0.1, 0.15) is 95.9 Å². The molecule has 2 aromatic rings. The highest BCUT2D eigenvalue weighted by Gasteiger charge is 2.13. The molecular weight excluding hydrogens is 436 g/mol. The van der Waals surface area contributed by atoms with E-state index >= 15 is 0 Å². The fourth-order valence-electron chi connectivity index (χ4n) is 3.36. The summed E-state index contributed by atoms with van der Waals surface area (Å²) in [5.74, 6) is -0.252. The van der Waals surface area contributed by atoms with E-state index in [4.69, 9.17) is 0 Å². The summed E-state index contributed by atoms with van der Waals surface area (Å²) in [6.07, 6.45) is 6.25. The van der Waals surface area contributed by atoms with Crippen molar-refractivity contribution in [3.63, 3.8) is 0 Å². The molecule has 0 aliphatic rings. The summed E-state index contributed by atoms with van der Waals surface area (Å²) in [7, 11) is 0. The first-order chi connectivity index (χ1) is 16.4. The number of carbonyl (C=O) groups is 2. The monoisotopic (exact) mass is 476 g/mol. The molecule has 0 radical (unpaired) electrons.